The number of nitrogens with one attached hydrogen (secondary N) is 1. The van der Waals surface area contributed by atoms with E-state index in [0.29, 0.717) is 27.7 Å². The van der Waals surface area contributed by atoms with Gasteiger partial charge >= 0.3 is 0 Å². The van der Waals surface area contributed by atoms with Gasteiger partial charge in [0, 0.05) is 12.1 Å². The topological polar surface area (TPSA) is 65.4 Å². The summed E-state index contributed by atoms with van der Waals surface area (Å²) in [6.07, 6.45) is 3.88. The summed E-state index contributed by atoms with van der Waals surface area (Å²) >= 11 is 6.04. The predicted molar refractivity (Wildman–Crippen MR) is 55.6 cm³/mol. The molecule has 1 aliphatic carbocycles. The second-order valence-electron chi connectivity index (χ2n) is 3.68. The van der Waals surface area contributed by atoms with Gasteiger partial charge in [-0.05, 0) is 12.8 Å². The number of hydrogen-bond donors (Lipinski definition) is 1. The van der Waals surface area contributed by atoms with Crippen LogP contribution in [0.3, 0.4) is 0 Å². The Morgan fingerprint density at radius 2 is 2.27 bits per heavy atom. The van der Waals surface area contributed by atoms with Gasteiger partial charge in [0.1, 0.15) is 22.7 Å². The van der Waals surface area contributed by atoms with E-state index in [9.17, 15) is 0 Å². The molecule has 5 heteroatoms. The number of hydrogen-bond acceptors (Lipinski definition) is 3. The van der Waals surface area contributed by atoms with Crippen LogP contribution in [0.1, 0.15) is 30.1 Å². The highest BCUT2D eigenvalue weighted by atomic mass is 35.5. The molecule has 0 aromatic carbocycles. The van der Waals surface area contributed by atoms with Crippen LogP contribution in [0.4, 0.5) is 0 Å². The lowest BCUT2D eigenvalue weighted by Crippen LogP contribution is -1.93. The number of fused-ring (bicyclic) bond motifs is 1. The zero-order chi connectivity index (χ0) is 10.4. The average molecular weight is 219 g/mol. The number of nitriles is 1. The second kappa shape index (κ2) is 2.94. The highest BCUT2D eigenvalue weighted by Crippen LogP contribution is 2.39. The molecule has 2 aromatic heterocycles. The molecule has 3 rings (SSSR count). The van der Waals surface area contributed by atoms with Crippen LogP contribution in [0, 0.1) is 11.3 Å². The molecule has 0 unspecified atom stereocenters. The fourth-order valence-corrected chi connectivity index (χ4v) is 1.90. The normalized spacial score (nSPS) is 15.5. The summed E-state index contributed by atoms with van der Waals surface area (Å²) in [5, 5.41) is 9.86. The monoisotopic (exact) mass is 218 g/mol. The van der Waals surface area contributed by atoms with Crippen LogP contribution >= 0.6 is 11.6 Å². The van der Waals surface area contributed by atoms with Crippen LogP contribution in [-0.2, 0) is 0 Å². The van der Waals surface area contributed by atoms with Crippen LogP contribution in [0.15, 0.2) is 6.20 Å². The summed E-state index contributed by atoms with van der Waals surface area (Å²) < 4.78 is 0. The maximum Gasteiger partial charge on any atom is 0.143 e. The first-order valence-corrected chi connectivity index (χ1v) is 5.12. The molecule has 1 saturated carbocycles. The van der Waals surface area contributed by atoms with Crippen molar-refractivity contribution < 1.29 is 0 Å². The zero-order valence-corrected chi connectivity index (χ0v) is 8.54. The number of nitrogens with zero attached hydrogens (tertiary/aromatic N) is 3. The highest BCUT2D eigenvalue weighted by molar-refractivity contribution is 6.34. The molecule has 1 N–H and O–H groups in total. The van der Waals surface area contributed by atoms with Crippen LogP contribution in [0.2, 0.25) is 5.15 Å². The standard InChI is InChI=1S/C10H7ClN4/c11-8-7-6(3-12)4-13-10(7)15-9(14-8)5-1-2-5/h4-5H,1-2H2,(H,13,14,15). The lowest BCUT2D eigenvalue weighted by atomic mass is 10.2. The summed E-state index contributed by atoms with van der Waals surface area (Å²) in [5.41, 5.74) is 1.16. The fourth-order valence-electron chi connectivity index (χ4n) is 1.62. The number of halogens is 1. The third kappa shape index (κ3) is 1.28. The molecule has 1 aliphatic rings. The van der Waals surface area contributed by atoms with E-state index in [0.717, 1.165) is 18.7 Å². The molecule has 0 spiro atoms. The van der Waals surface area contributed by atoms with Crippen molar-refractivity contribution in [3.63, 3.8) is 0 Å². The Morgan fingerprint density at radius 1 is 1.47 bits per heavy atom. The molecule has 0 aliphatic heterocycles. The number of aromatic amines is 1. The largest absolute Gasteiger partial charge is 0.345 e. The van der Waals surface area contributed by atoms with E-state index in [4.69, 9.17) is 16.9 Å². The van der Waals surface area contributed by atoms with Crippen molar-refractivity contribution in [2.75, 3.05) is 0 Å². The van der Waals surface area contributed by atoms with E-state index in [-0.39, 0.29) is 0 Å². The van der Waals surface area contributed by atoms with Gasteiger partial charge in [-0.3, -0.25) is 0 Å². The second-order valence-corrected chi connectivity index (χ2v) is 4.04. The third-order valence-corrected chi connectivity index (χ3v) is 2.84. The van der Waals surface area contributed by atoms with Gasteiger partial charge in [-0.25, -0.2) is 9.97 Å². The SMILES string of the molecule is N#Cc1c[nH]c2nc(C3CC3)nc(Cl)c12. The number of H-pyrrole nitrogens is 1. The summed E-state index contributed by atoms with van der Waals surface area (Å²) in [4.78, 5) is 11.5. The van der Waals surface area contributed by atoms with E-state index in [2.05, 4.69) is 21.0 Å². The molecule has 0 amide bonds. The molecule has 15 heavy (non-hydrogen) atoms. The highest BCUT2D eigenvalue weighted by Gasteiger charge is 2.28. The quantitative estimate of drug-likeness (QED) is 0.748. The predicted octanol–water partition coefficient (Wildman–Crippen LogP) is 2.36. The molecule has 0 saturated heterocycles. The van der Waals surface area contributed by atoms with E-state index in [1.54, 1.807) is 6.20 Å². The first kappa shape index (κ1) is 8.69. The molecule has 1 fully saturated rings. The van der Waals surface area contributed by atoms with E-state index in [1.165, 1.54) is 0 Å². The summed E-state index contributed by atoms with van der Waals surface area (Å²) in [7, 11) is 0. The zero-order valence-electron chi connectivity index (χ0n) is 7.79. The van der Waals surface area contributed by atoms with Crippen molar-refractivity contribution in [2.24, 2.45) is 0 Å². The van der Waals surface area contributed by atoms with Crippen LogP contribution in [-0.4, -0.2) is 15.0 Å². The molecule has 0 bridgehead atoms. The third-order valence-electron chi connectivity index (χ3n) is 2.57. The number of aromatic nitrogens is 3. The van der Waals surface area contributed by atoms with Gasteiger partial charge in [-0.1, -0.05) is 11.6 Å². The van der Waals surface area contributed by atoms with Crippen molar-refractivity contribution in [3.05, 3.63) is 22.7 Å². The van der Waals surface area contributed by atoms with Gasteiger partial charge in [0.2, 0.25) is 0 Å². The maximum absolute atomic E-state index is 8.86. The first-order valence-electron chi connectivity index (χ1n) is 4.74. The maximum atomic E-state index is 8.86. The van der Waals surface area contributed by atoms with Crippen LogP contribution < -0.4 is 0 Å². The smallest absolute Gasteiger partial charge is 0.143 e. The Hall–Kier alpha value is -1.60. The lowest BCUT2D eigenvalue weighted by molar-refractivity contribution is 0.943. The Bertz CT molecular complexity index is 577. The summed E-state index contributed by atoms with van der Waals surface area (Å²) in [5.74, 6) is 1.25. The van der Waals surface area contributed by atoms with Crippen LogP contribution in [0.25, 0.3) is 11.0 Å². The minimum Gasteiger partial charge on any atom is -0.345 e. The van der Waals surface area contributed by atoms with Crippen molar-refractivity contribution in [1.29, 1.82) is 5.26 Å². The van der Waals surface area contributed by atoms with Crippen LogP contribution in [0.5, 0.6) is 0 Å². The Kier molecular flexibility index (Phi) is 1.70. The Balaban J connectivity index is 2.29. The summed E-state index contributed by atoms with van der Waals surface area (Å²) in [6, 6.07) is 2.06. The Morgan fingerprint density at radius 3 is 2.93 bits per heavy atom. The minimum absolute atomic E-state index is 0.375. The fraction of sp³-hybridized carbons (Fsp3) is 0.300. The molecular weight excluding hydrogens is 212 g/mol. The van der Waals surface area contributed by atoms with E-state index in [1.807, 2.05) is 0 Å². The van der Waals surface area contributed by atoms with Gasteiger partial charge in [0.05, 0.1) is 10.9 Å². The van der Waals surface area contributed by atoms with Crippen molar-refractivity contribution in [3.8, 4) is 6.07 Å². The van der Waals surface area contributed by atoms with Gasteiger partial charge in [0.15, 0.2) is 0 Å². The van der Waals surface area contributed by atoms with Crippen molar-refractivity contribution in [2.45, 2.75) is 18.8 Å². The molecule has 2 heterocycles. The van der Waals surface area contributed by atoms with Gasteiger partial charge in [-0.15, -0.1) is 0 Å². The molecule has 74 valence electrons. The van der Waals surface area contributed by atoms with Crippen molar-refractivity contribution in [1.82, 2.24) is 15.0 Å². The minimum atomic E-state index is 0.375. The Labute approximate surface area is 90.9 Å². The van der Waals surface area contributed by atoms with Gasteiger partial charge in [-0.2, -0.15) is 5.26 Å². The first-order chi connectivity index (χ1) is 7.29. The lowest BCUT2D eigenvalue weighted by Gasteiger charge is -1.98. The average Bonchev–Trinajstić information content (AvgIpc) is 2.99. The molecule has 0 radical (unpaired) electrons. The van der Waals surface area contributed by atoms with Gasteiger partial charge < -0.3 is 4.98 Å². The molecule has 4 nitrogen and oxygen atoms in total. The summed E-state index contributed by atoms with van der Waals surface area (Å²) in [6.45, 7) is 0. The van der Waals surface area contributed by atoms with Crippen molar-refractivity contribution >= 4 is 22.6 Å². The molecule has 2 aromatic rings. The van der Waals surface area contributed by atoms with E-state index < -0.39 is 0 Å². The molecular formula is C10H7ClN4. The van der Waals surface area contributed by atoms with E-state index >= 15 is 0 Å². The number of rotatable bonds is 1. The van der Waals surface area contributed by atoms with Gasteiger partial charge in [0.25, 0.3) is 0 Å². The molecule has 0 atom stereocenters.